The van der Waals surface area contributed by atoms with E-state index in [2.05, 4.69) is 10.0 Å². The molecule has 1 fully saturated rings. The maximum Gasteiger partial charge on any atom is 0.214 e. The minimum absolute atomic E-state index is 0.250. The Balaban J connectivity index is 1.81. The largest absolute Gasteiger partial charge is 0.497 e. The van der Waals surface area contributed by atoms with Crippen LogP contribution in [0.3, 0.4) is 0 Å². The Hall–Kier alpha value is -1.11. The number of rotatable bonds is 6. The van der Waals surface area contributed by atoms with Gasteiger partial charge in [-0.05, 0) is 50.0 Å². The summed E-state index contributed by atoms with van der Waals surface area (Å²) in [4.78, 5) is 0. The number of ether oxygens (including phenoxy) is 1. The van der Waals surface area contributed by atoms with Crippen LogP contribution in [-0.4, -0.2) is 40.4 Å². The zero-order chi connectivity index (χ0) is 14.4. The predicted molar refractivity (Wildman–Crippen MR) is 79.5 cm³/mol. The van der Waals surface area contributed by atoms with Gasteiger partial charge in [-0.25, -0.2) is 13.1 Å². The number of hydrogen-bond acceptors (Lipinski definition) is 4. The SMILES string of the molecule is COc1ccc(CCNS(=O)(=O)C2CCNCC2)cc1. The predicted octanol–water partition coefficient (Wildman–Crippen LogP) is 0.909. The standard InChI is InChI=1S/C14H22N2O3S/c1-19-13-4-2-12(3-5-13)6-11-16-20(17,18)14-7-9-15-10-8-14/h2-5,14-16H,6-11H2,1H3. The van der Waals surface area contributed by atoms with Crippen LogP contribution in [0.4, 0.5) is 0 Å². The molecule has 0 atom stereocenters. The third kappa shape index (κ3) is 4.19. The first-order chi connectivity index (χ1) is 9.62. The number of nitrogens with one attached hydrogen (secondary N) is 2. The van der Waals surface area contributed by atoms with Crippen LogP contribution in [0, 0.1) is 0 Å². The third-order valence-corrected chi connectivity index (χ3v) is 5.56. The fourth-order valence-corrected chi connectivity index (χ4v) is 3.83. The van der Waals surface area contributed by atoms with Gasteiger partial charge in [-0.15, -0.1) is 0 Å². The van der Waals surface area contributed by atoms with E-state index in [4.69, 9.17) is 4.74 Å². The highest BCUT2D eigenvalue weighted by atomic mass is 32.2. The number of hydrogen-bond donors (Lipinski definition) is 2. The lowest BCUT2D eigenvalue weighted by Crippen LogP contribution is -2.42. The molecular formula is C14H22N2O3S. The Morgan fingerprint density at radius 2 is 1.90 bits per heavy atom. The maximum atomic E-state index is 12.1. The molecule has 0 saturated carbocycles. The van der Waals surface area contributed by atoms with Gasteiger partial charge in [-0.3, -0.25) is 0 Å². The summed E-state index contributed by atoms with van der Waals surface area (Å²) in [5, 5.41) is 2.93. The fraction of sp³-hybridized carbons (Fsp3) is 0.571. The van der Waals surface area contributed by atoms with Gasteiger partial charge >= 0.3 is 0 Å². The van der Waals surface area contributed by atoms with Crippen LogP contribution in [0.5, 0.6) is 5.75 Å². The van der Waals surface area contributed by atoms with Crippen LogP contribution in [0.15, 0.2) is 24.3 Å². The van der Waals surface area contributed by atoms with E-state index >= 15 is 0 Å². The lowest BCUT2D eigenvalue weighted by molar-refractivity contribution is 0.414. The normalized spacial score (nSPS) is 17.1. The molecule has 20 heavy (non-hydrogen) atoms. The van der Waals surface area contributed by atoms with E-state index in [0.717, 1.165) is 24.4 Å². The van der Waals surface area contributed by atoms with Crippen molar-refractivity contribution < 1.29 is 13.2 Å². The Bertz CT molecular complexity index is 508. The molecule has 6 heteroatoms. The van der Waals surface area contributed by atoms with Crippen molar-refractivity contribution in [2.75, 3.05) is 26.7 Å². The molecule has 1 aliphatic heterocycles. The van der Waals surface area contributed by atoms with Crippen molar-refractivity contribution in [1.29, 1.82) is 0 Å². The quantitative estimate of drug-likeness (QED) is 0.819. The van der Waals surface area contributed by atoms with Crippen molar-refractivity contribution in [3.8, 4) is 5.75 Å². The molecule has 2 N–H and O–H groups in total. The van der Waals surface area contributed by atoms with Gasteiger partial charge in [0.2, 0.25) is 10.0 Å². The molecule has 0 bridgehead atoms. The lowest BCUT2D eigenvalue weighted by Gasteiger charge is -2.22. The summed E-state index contributed by atoms with van der Waals surface area (Å²) in [6.07, 6.45) is 2.07. The summed E-state index contributed by atoms with van der Waals surface area (Å²) in [5.74, 6) is 0.809. The van der Waals surface area contributed by atoms with Crippen molar-refractivity contribution in [1.82, 2.24) is 10.0 Å². The molecule has 0 amide bonds. The van der Waals surface area contributed by atoms with E-state index in [1.807, 2.05) is 24.3 Å². The van der Waals surface area contributed by atoms with E-state index in [1.165, 1.54) is 0 Å². The van der Waals surface area contributed by atoms with E-state index in [9.17, 15) is 8.42 Å². The van der Waals surface area contributed by atoms with Gasteiger partial charge in [0.1, 0.15) is 5.75 Å². The van der Waals surface area contributed by atoms with Gasteiger partial charge in [0, 0.05) is 6.54 Å². The molecule has 1 heterocycles. The Morgan fingerprint density at radius 3 is 2.50 bits per heavy atom. The van der Waals surface area contributed by atoms with E-state index in [0.29, 0.717) is 25.8 Å². The van der Waals surface area contributed by atoms with Crippen LogP contribution in [0.1, 0.15) is 18.4 Å². The van der Waals surface area contributed by atoms with Crippen molar-refractivity contribution in [3.05, 3.63) is 29.8 Å². The minimum atomic E-state index is -3.18. The molecule has 112 valence electrons. The highest BCUT2D eigenvalue weighted by Gasteiger charge is 2.26. The highest BCUT2D eigenvalue weighted by molar-refractivity contribution is 7.90. The molecule has 0 aliphatic carbocycles. The number of methoxy groups -OCH3 is 1. The summed E-state index contributed by atoms with van der Waals surface area (Å²) in [7, 11) is -1.55. The average Bonchev–Trinajstić information content (AvgIpc) is 2.49. The molecular weight excluding hydrogens is 276 g/mol. The monoisotopic (exact) mass is 298 g/mol. The fourth-order valence-electron chi connectivity index (χ4n) is 2.35. The lowest BCUT2D eigenvalue weighted by atomic mass is 10.1. The van der Waals surface area contributed by atoms with Crippen LogP contribution in [-0.2, 0) is 16.4 Å². The van der Waals surface area contributed by atoms with Crippen molar-refractivity contribution >= 4 is 10.0 Å². The molecule has 1 aromatic carbocycles. The van der Waals surface area contributed by atoms with E-state index < -0.39 is 10.0 Å². The third-order valence-electron chi connectivity index (χ3n) is 3.60. The second kappa shape index (κ2) is 7.06. The second-order valence-electron chi connectivity index (χ2n) is 4.99. The molecule has 0 unspecified atom stereocenters. The zero-order valence-corrected chi connectivity index (χ0v) is 12.6. The number of piperidine rings is 1. The zero-order valence-electron chi connectivity index (χ0n) is 11.8. The number of sulfonamides is 1. The van der Waals surface area contributed by atoms with Crippen molar-refractivity contribution in [2.45, 2.75) is 24.5 Å². The molecule has 1 aliphatic rings. The molecule has 2 rings (SSSR count). The van der Waals surface area contributed by atoms with Crippen LogP contribution in [0.2, 0.25) is 0 Å². The first-order valence-electron chi connectivity index (χ1n) is 6.94. The highest BCUT2D eigenvalue weighted by Crippen LogP contribution is 2.13. The Kier molecular flexibility index (Phi) is 5.39. The first kappa shape index (κ1) is 15.3. The average molecular weight is 298 g/mol. The van der Waals surface area contributed by atoms with Gasteiger partial charge < -0.3 is 10.1 Å². The minimum Gasteiger partial charge on any atom is -0.497 e. The summed E-state index contributed by atoms with van der Waals surface area (Å²) < 4.78 is 32.0. The molecule has 1 saturated heterocycles. The smallest absolute Gasteiger partial charge is 0.214 e. The summed E-state index contributed by atoms with van der Waals surface area (Å²) >= 11 is 0. The molecule has 0 radical (unpaired) electrons. The first-order valence-corrected chi connectivity index (χ1v) is 8.48. The van der Waals surface area contributed by atoms with Gasteiger partial charge in [-0.2, -0.15) is 0 Å². The molecule has 1 aromatic rings. The van der Waals surface area contributed by atoms with Gasteiger partial charge in [0.25, 0.3) is 0 Å². The van der Waals surface area contributed by atoms with Crippen molar-refractivity contribution in [3.63, 3.8) is 0 Å². The molecule has 0 aromatic heterocycles. The summed E-state index contributed by atoms with van der Waals surface area (Å²) in [6.45, 7) is 2.01. The molecule has 0 spiro atoms. The van der Waals surface area contributed by atoms with Crippen LogP contribution >= 0.6 is 0 Å². The summed E-state index contributed by atoms with van der Waals surface area (Å²) in [5.41, 5.74) is 1.10. The molecule has 5 nitrogen and oxygen atoms in total. The Morgan fingerprint density at radius 1 is 1.25 bits per heavy atom. The van der Waals surface area contributed by atoms with E-state index in [-0.39, 0.29) is 5.25 Å². The van der Waals surface area contributed by atoms with Crippen molar-refractivity contribution in [2.24, 2.45) is 0 Å². The topological polar surface area (TPSA) is 67.4 Å². The van der Waals surface area contributed by atoms with E-state index in [1.54, 1.807) is 7.11 Å². The van der Waals surface area contributed by atoms with Gasteiger partial charge in [0.15, 0.2) is 0 Å². The Labute approximate surface area is 120 Å². The summed E-state index contributed by atoms with van der Waals surface area (Å²) in [6, 6.07) is 7.68. The van der Waals surface area contributed by atoms with Crippen LogP contribution in [0.25, 0.3) is 0 Å². The van der Waals surface area contributed by atoms with Gasteiger partial charge in [-0.1, -0.05) is 12.1 Å². The maximum absolute atomic E-state index is 12.1. The van der Waals surface area contributed by atoms with Gasteiger partial charge in [0.05, 0.1) is 12.4 Å². The number of benzene rings is 1. The van der Waals surface area contributed by atoms with Crippen LogP contribution < -0.4 is 14.8 Å². The second-order valence-corrected chi connectivity index (χ2v) is 7.03.